The van der Waals surface area contributed by atoms with E-state index in [-0.39, 0.29) is 5.78 Å². The van der Waals surface area contributed by atoms with E-state index in [9.17, 15) is 18.0 Å². The first-order valence-electron chi connectivity index (χ1n) is 9.84. The van der Waals surface area contributed by atoms with Crippen LogP contribution >= 0.6 is 11.6 Å². The molecule has 1 aliphatic rings. The molecule has 0 saturated heterocycles. The number of ketones is 1. The quantitative estimate of drug-likeness (QED) is 0.493. The van der Waals surface area contributed by atoms with Crippen LogP contribution in [-0.4, -0.2) is 48.5 Å². The maximum atomic E-state index is 13.6. The lowest BCUT2D eigenvalue weighted by Crippen LogP contribution is -2.52. The monoisotopic (exact) mass is 476 g/mol. The highest BCUT2D eigenvalue weighted by molar-refractivity contribution is 7.88. The van der Waals surface area contributed by atoms with E-state index in [1.54, 1.807) is 49.5 Å². The van der Waals surface area contributed by atoms with Crippen LogP contribution in [-0.2, 0) is 21.2 Å². The van der Waals surface area contributed by atoms with Crippen molar-refractivity contribution in [2.75, 3.05) is 13.4 Å². The number of nitrogens with zero attached hydrogens (tertiary/aromatic N) is 1. The number of carbonyl (C=O) groups excluding carboxylic acids is 2. The number of methoxy groups -OCH3 is 1. The van der Waals surface area contributed by atoms with Crippen molar-refractivity contribution in [2.45, 2.75) is 25.8 Å². The van der Waals surface area contributed by atoms with Crippen molar-refractivity contribution in [3.8, 4) is 0 Å². The van der Waals surface area contributed by atoms with Crippen molar-refractivity contribution in [2.24, 2.45) is 5.41 Å². The van der Waals surface area contributed by atoms with Crippen molar-refractivity contribution < 1.29 is 22.7 Å². The smallest absolute Gasteiger partial charge is 0.424 e. The first-order chi connectivity index (χ1) is 14.9. The Morgan fingerprint density at radius 1 is 1.12 bits per heavy atom. The molecule has 1 N–H and O–H groups in total. The van der Waals surface area contributed by atoms with E-state index in [1.807, 2.05) is 19.1 Å². The number of benzene rings is 1. The van der Waals surface area contributed by atoms with Crippen LogP contribution in [0.2, 0.25) is 5.02 Å². The molecule has 0 bridgehead atoms. The van der Waals surface area contributed by atoms with Gasteiger partial charge in [-0.25, -0.2) is 13.2 Å². The van der Waals surface area contributed by atoms with E-state index >= 15 is 0 Å². The van der Waals surface area contributed by atoms with Crippen molar-refractivity contribution in [3.05, 3.63) is 82.7 Å². The van der Waals surface area contributed by atoms with Crippen LogP contribution in [0, 0.1) is 5.41 Å². The highest BCUT2D eigenvalue weighted by Crippen LogP contribution is 2.42. The van der Waals surface area contributed by atoms with E-state index in [0.29, 0.717) is 26.9 Å². The molecular weight excluding hydrogens is 452 g/mol. The van der Waals surface area contributed by atoms with Gasteiger partial charge in [0.25, 0.3) is 0 Å². The number of nitrogens with one attached hydrogen (secondary N) is 1. The van der Waals surface area contributed by atoms with Gasteiger partial charge >= 0.3 is 6.09 Å². The Kier molecular flexibility index (Phi) is 6.40. The Balaban J connectivity index is 2.17. The maximum Gasteiger partial charge on any atom is 0.424 e. The average Bonchev–Trinajstić information content (AvgIpc) is 3.22. The zero-order valence-electron chi connectivity index (χ0n) is 18.3. The molecule has 2 aromatic rings. The molecular formula is C23H25ClN2O5S. The van der Waals surface area contributed by atoms with Gasteiger partial charge < -0.3 is 9.72 Å². The standard InChI is InChI=1S/C23H25ClN2O5S/c1-22(14-18-6-5-13-25-18)11-12-23(2,26(21(28)31-3)32(4,29)30)15-19(22)20(27)16-7-9-17(24)10-8-16/h5-13,15,25H,14H2,1-4H3. The zero-order chi connectivity index (χ0) is 23.7. The van der Waals surface area contributed by atoms with Gasteiger partial charge in [-0.05, 0) is 49.4 Å². The predicted octanol–water partition coefficient (Wildman–Crippen LogP) is 4.38. The molecule has 7 nitrogen and oxygen atoms in total. The molecule has 1 aromatic heterocycles. The zero-order valence-corrected chi connectivity index (χ0v) is 19.8. The van der Waals surface area contributed by atoms with Gasteiger partial charge in [-0.1, -0.05) is 30.7 Å². The molecule has 3 rings (SSSR count). The molecule has 1 amide bonds. The minimum atomic E-state index is -4.01. The highest BCUT2D eigenvalue weighted by Gasteiger charge is 2.45. The molecule has 0 aliphatic heterocycles. The molecule has 0 saturated carbocycles. The summed E-state index contributed by atoms with van der Waals surface area (Å²) in [7, 11) is -2.91. The van der Waals surface area contributed by atoms with Gasteiger partial charge in [0.2, 0.25) is 10.0 Å². The summed E-state index contributed by atoms with van der Waals surface area (Å²) in [4.78, 5) is 29.2. The van der Waals surface area contributed by atoms with Gasteiger partial charge in [-0.15, -0.1) is 0 Å². The van der Waals surface area contributed by atoms with Crippen molar-refractivity contribution >= 4 is 33.5 Å². The molecule has 9 heteroatoms. The lowest BCUT2D eigenvalue weighted by Gasteiger charge is -2.41. The van der Waals surface area contributed by atoms with Crippen LogP contribution < -0.4 is 0 Å². The van der Waals surface area contributed by atoms with E-state index in [2.05, 4.69) is 4.98 Å². The number of amides is 1. The summed E-state index contributed by atoms with van der Waals surface area (Å²) < 4.78 is 30.4. The molecule has 2 atom stereocenters. The molecule has 170 valence electrons. The number of sulfonamides is 1. The Morgan fingerprint density at radius 2 is 1.78 bits per heavy atom. The summed E-state index contributed by atoms with van der Waals surface area (Å²) in [5.74, 6) is -0.287. The summed E-state index contributed by atoms with van der Waals surface area (Å²) in [6.07, 6.45) is 7.07. The lowest BCUT2D eigenvalue weighted by molar-refractivity contribution is 0.100. The predicted molar refractivity (Wildman–Crippen MR) is 123 cm³/mol. The van der Waals surface area contributed by atoms with E-state index < -0.39 is 27.1 Å². The first kappa shape index (κ1) is 23.8. The van der Waals surface area contributed by atoms with E-state index in [1.165, 1.54) is 6.08 Å². The van der Waals surface area contributed by atoms with Crippen LogP contribution in [0.15, 0.2) is 66.4 Å². The van der Waals surface area contributed by atoms with E-state index in [0.717, 1.165) is 19.1 Å². The number of carbonyl (C=O) groups is 2. The number of Topliss-reactive ketones (excluding diaryl/α,β-unsaturated/α-hetero) is 1. The third kappa shape index (κ3) is 4.66. The van der Waals surface area contributed by atoms with Crippen molar-refractivity contribution in [1.29, 1.82) is 0 Å². The van der Waals surface area contributed by atoms with Crippen LogP contribution in [0.5, 0.6) is 0 Å². The summed E-state index contributed by atoms with van der Waals surface area (Å²) >= 11 is 5.97. The number of hydrogen-bond donors (Lipinski definition) is 1. The minimum Gasteiger partial charge on any atom is -0.452 e. The number of hydrogen-bond acceptors (Lipinski definition) is 5. The second-order valence-electron chi connectivity index (χ2n) is 8.24. The van der Waals surface area contributed by atoms with Gasteiger partial charge in [-0.3, -0.25) is 4.79 Å². The molecule has 0 fully saturated rings. The van der Waals surface area contributed by atoms with Gasteiger partial charge in [-0.2, -0.15) is 4.31 Å². The molecule has 0 radical (unpaired) electrons. The Labute approximate surface area is 192 Å². The number of allylic oxidation sites excluding steroid dienone is 2. The molecule has 1 aromatic carbocycles. The Morgan fingerprint density at radius 3 is 2.31 bits per heavy atom. The number of rotatable bonds is 6. The molecule has 32 heavy (non-hydrogen) atoms. The van der Waals surface area contributed by atoms with Crippen LogP contribution in [0.4, 0.5) is 4.79 Å². The number of aromatic nitrogens is 1. The summed E-state index contributed by atoms with van der Waals surface area (Å²) in [6, 6.07) is 10.2. The summed E-state index contributed by atoms with van der Waals surface area (Å²) in [5.41, 5.74) is -0.534. The van der Waals surface area contributed by atoms with Crippen molar-refractivity contribution in [1.82, 2.24) is 9.29 Å². The lowest BCUT2D eigenvalue weighted by atomic mass is 9.69. The second kappa shape index (κ2) is 8.60. The first-order valence-corrected chi connectivity index (χ1v) is 12.1. The number of H-pyrrole nitrogens is 1. The molecule has 1 heterocycles. The molecule has 0 spiro atoms. The Bertz CT molecular complexity index is 1190. The SMILES string of the molecule is COC(=O)N(C1(C)C=CC(C)(Cc2ccc[nH]2)C(C(=O)c2ccc(Cl)cc2)=C1)S(C)(=O)=O. The highest BCUT2D eigenvalue weighted by atomic mass is 35.5. The fourth-order valence-electron chi connectivity index (χ4n) is 3.96. The minimum absolute atomic E-state index is 0.287. The van der Waals surface area contributed by atoms with Crippen molar-refractivity contribution in [3.63, 3.8) is 0 Å². The normalized spacial score (nSPS) is 22.8. The number of ether oxygens (including phenoxy) is 1. The van der Waals surface area contributed by atoms with E-state index in [4.69, 9.17) is 16.3 Å². The number of aromatic amines is 1. The van der Waals surface area contributed by atoms with Crippen LogP contribution in [0.3, 0.4) is 0 Å². The fourth-order valence-corrected chi connectivity index (χ4v) is 5.25. The van der Waals surface area contributed by atoms with Gasteiger partial charge in [0.05, 0.1) is 18.9 Å². The van der Waals surface area contributed by atoms with Gasteiger partial charge in [0.15, 0.2) is 5.78 Å². The Hall–Kier alpha value is -2.84. The third-order valence-corrected chi connectivity index (χ3v) is 6.98. The topological polar surface area (TPSA) is 96.5 Å². The molecule has 1 aliphatic carbocycles. The summed E-state index contributed by atoms with van der Waals surface area (Å²) in [6.45, 7) is 3.44. The third-order valence-electron chi connectivity index (χ3n) is 5.52. The van der Waals surface area contributed by atoms with Crippen LogP contribution in [0.25, 0.3) is 0 Å². The van der Waals surface area contributed by atoms with Gasteiger partial charge in [0.1, 0.15) is 0 Å². The average molecular weight is 477 g/mol. The number of halogens is 1. The maximum absolute atomic E-state index is 13.6. The summed E-state index contributed by atoms with van der Waals surface area (Å²) in [5, 5.41) is 0.493. The fraction of sp³-hybridized carbons (Fsp3) is 0.304. The van der Waals surface area contributed by atoms with Crippen LogP contribution in [0.1, 0.15) is 29.9 Å². The second-order valence-corrected chi connectivity index (χ2v) is 10.5. The van der Waals surface area contributed by atoms with Gasteiger partial charge in [0, 0.05) is 39.9 Å². The molecule has 2 unspecified atom stereocenters. The largest absolute Gasteiger partial charge is 0.452 e.